The topological polar surface area (TPSA) is 3.24 Å². The monoisotopic (exact) mass is 171 g/mol. The molecule has 0 saturated heterocycles. The highest BCUT2D eigenvalue weighted by molar-refractivity contribution is 4.79. The minimum absolute atomic E-state index is 0.771. The number of hydrogen-bond acceptors (Lipinski definition) is 1. The van der Waals surface area contributed by atoms with E-state index in [2.05, 4.69) is 6.58 Å². The first kappa shape index (κ1) is 9.72. The van der Waals surface area contributed by atoms with Crippen molar-refractivity contribution in [2.24, 2.45) is 5.92 Å². The standard InChI is InChI=1S/C10H18FN/c1-3-4-7-12(9(2)11)8-10-5-6-10/h3,9-10H,1,4-8H2,2H3. The van der Waals surface area contributed by atoms with E-state index in [1.54, 1.807) is 6.92 Å². The Labute approximate surface area is 74.3 Å². The highest BCUT2D eigenvalue weighted by Gasteiger charge is 2.25. The second-order valence-electron chi connectivity index (χ2n) is 3.59. The Bertz CT molecular complexity index is 141. The van der Waals surface area contributed by atoms with Crippen LogP contribution in [0.3, 0.4) is 0 Å². The lowest BCUT2D eigenvalue weighted by molar-refractivity contribution is 0.0948. The Balaban J connectivity index is 2.20. The molecule has 1 saturated carbocycles. The fourth-order valence-electron chi connectivity index (χ4n) is 1.30. The van der Waals surface area contributed by atoms with Crippen LogP contribution in [0.5, 0.6) is 0 Å². The molecule has 1 fully saturated rings. The van der Waals surface area contributed by atoms with E-state index in [4.69, 9.17) is 0 Å². The van der Waals surface area contributed by atoms with E-state index in [1.807, 2.05) is 11.0 Å². The van der Waals surface area contributed by atoms with Crippen LogP contribution >= 0.6 is 0 Å². The smallest absolute Gasteiger partial charge is 0.150 e. The molecule has 1 nitrogen and oxygen atoms in total. The zero-order valence-electron chi connectivity index (χ0n) is 7.80. The number of nitrogens with zero attached hydrogens (tertiary/aromatic N) is 1. The van der Waals surface area contributed by atoms with Gasteiger partial charge in [0.05, 0.1) is 0 Å². The molecule has 0 bridgehead atoms. The van der Waals surface area contributed by atoms with Crippen LogP contribution < -0.4 is 0 Å². The minimum Gasteiger partial charge on any atom is -0.274 e. The highest BCUT2D eigenvalue weighted by atomic mass is 19.1. The van der Waals surface area contributed by atoms with E-state index in [0.717, 1.165) is 25.4 Å². The Morgan fingerprint density at radius 1 is 1.67 bits per heavy atom. The molecule has 2 heteroatoms. The van der Waals surface area contributed by atoms with Gasteiger partial charge in [-0.3, -0.25) is 4.90 Å². The van der Waals surface area contributed by atoms with Crippen LogP contribution in [0.25, 0.3) is 0 Å². The molecule has 0 aromatic heterocycles. The first-order valence-electron chi connectivity index (χ1n) is 4.73. The largest absolute Gasteiger partial charge is 0.274 e. The predicted octanol–water partition coefficient (Wildman–Crippen LogP) is 2.59. The van der Waals surface area contributed by atoms with Gasteiger partial charge in [0.25, 0.3) is 0 Å². The summed E-state index contributed by atoms with van der Waals surface area (Å²) in [6.07, 6.45) is 4.52. The lowest BCUT2D eigenvalue weighted by Crippen LogP contribution is -2.32. The van der Waals surface area contributed by atoms with Gasteiger partial charge in [0.15, 0.2) is 6.30 Å². The summed E-state index contributed by atoms with van der Waals surface area (Å²) in [6.45, 7) is 7.01. The van der Waals surface area contributed by atoms with Crippen LogP contribution in [0.1, 0.15) is 26.2 Å². The maximum absolute atomic E-state index is 13.0. The number of rotatable bonds is 6. The molecule has 0 aromatic rings. The van der Waals surface area contributed by atoms with E-state index in [0.29, 0.717) is 0 Å². The van der Waals surface area contributed by atoms with E-state index in [9.17, 15) is 4.39 Å². The van der Waals surface area contributed by atoms with Crippen LogP contribution in [0, 0.1) is 5.92 Å². The Morgan fingerprint density at radius 3 is 2.75 bits per heavy atom. The van der Waals surface area contributed by atoms with E-state index < -0.39 is 6.30 Å². The van der Waals surface area contributed by atoms with Crippen molar-refractivity contribution in [1.82, 2.24) is 4.90 Å². The van der Waals surface area contributed by atoms with Gasteiger partial charge in [0.1, 0.15) is 0 Å². The molecule has 1 aliphatic rings. The maximum Gasteiger partial charge on any atom is 0.150 e. The summed E-state index contributed by atoms with van der Waals surface area (Å²) in [4.78, 5) is 1.90. The number of alkyl halides is 1. The summed E-state index contributed by atoms with van der Waals surface area (Å²) in [5, 5.41) is 0. The molecular formula is C10H18FN. The van der Waals surface area contributed by atoms with Crippen molar-refractivity contribution in [2.75, 3.05) is 13.1 Å². The quantitative estimate of drug-likeness (QED) is 0.438. The van der Waals surface area contributed by atoms with Crippen molar-refractivity contribution in [3.8, 4) is 0 Å². The molecule has 0 amide bonds. The van der Waals surface area contributed by atoms with Gasteiger partial charge in [-0.2, -0.15) is 0 Å². The van der Waals surface area contributed by atoms with Crippen molar-refractivity contribution < 1.29 is 4.39 Å². The zero-order chi connectivity index (χ0) is 8.97. The van der Waals surface area contributed by atoms with Crippen LogP contribution in [0.15, 0.2) is 12.7 Å². The summed E-state index contributed by atoms with van der Waals surface area (Å²) in [5.74, 6) is 0.771. The van der Waals surface area contributed by atoms with Crippen molar-refractivity contribution in [1.29, 1.82) is 0 Å². The van der Waals surface area contributed by atoms with Gasteiger partial charge in [0, 0.05) is 13.1 Å². The average Bonchev–Trinajstić information content (AvgIpc) is 2.80. The fourth-order valence-corrected chi connectivity index (χ4v) is 1.30. The third-order valence-electron chi connectivity index (χ3n) is 2.31. The third-order valence-corrected chi connectivity index (χ3v) is 2.31. The van der Waals surface area contributed by atoms with Gasteiger partial charge < -0.3 is 0 Å². The number of hydrogen-bond donors (Lipinski definition) is 0. The van der Waals surface area contributed by atoms with Crippen LogP contribution in [-0.4, -0.2) is 24.3 Å². The Morgan fingerprint density at radius 2 is 2.33 bits per heavy atom. The maximum atomic E-state index is 13.0. The highest BCUT2D eigenvalue weighted by Crippen LogP contribution is 2.30. The lowest BCUT2D eigenvalue weighted by Gasteiger charge is -2.22. The van der Waals surface area contributed by atoms with Crippen LogP contribution in [0.2, 0.25) is 0 Å². The van der Waals surface area contributed by atoms with E-state index >= 15 is 0 Å². The zero-order valence-corrected chi connectivity index (χ0v) is 7.80. The summed E-state index contributed by atoms with van der Waals surface area (Å²) in [5.41, 5.74) is 0. The molecule has 0 aliphatic heterocycles. The summed E-state index contributed by atoms with van der Waals surface area (Å²) in [6, 6.07) is 0. The van der Waals surface area contributed by atoms with Gasteiger partial charge in [-0.05, 0) is 32.1 Å². The van der Waals surface area contributed by atoms with Gasteiger partial charge in [-0.1, -0.05) is 6.08 Å². The van der Waals surface area contributed by atoms with Crippen molar-refractivity contribution >= 4 is 0 Å². The molecule has 70 valence electrons. The van der Waals surface area contributed by atoms with Gasteiger partial charge in [-0.25, -0.2) is 4.39 Å². The molecule has 0 N–H and O–H groups in total. The molecule has 1 atom stereocenters. The predicted molar refractivity (Wildman–Crippen MR) is 49.7 cm³/mol. The summed E-state index contributed by atoms with van der Waals surface area (Å²) >= 11 is 0. The van der Waals surface area contributed by atoms with Crippen LogP contribution in [0.4, 0.5) is 4.39 Å². The first-order chi connectivity index (χ1) is 5.74. The summed E-state index contributed by atoms with van der Waals surface area (Å²) in [7, 11) is 0. The lowest BCUT2D eigenvalue weighted by atomic mass is 10.3. The molecule has 12 heavy (non-hydrogen) atoms. The molecule has 0 aromatic carbocycles. The Kier molecular flexibility index (Phi) is 3.73. The molecular weight excluding hydrogens is 153 g/mol. The molecule has 0 heterocycles. The SMILES string of the molecule is C=CCCN(CC1CC1)C(C)F. The average molecular weight is 171 g/mol. The van der Waals surface area contributed by atoms with E-state index in [-0.39, 0.29) is 0 Å². The molecule has 1 rings (SSSR count). The second-order valence-corrected chi connectivity index (χ2v) is 3.59. The van der Waals surface area contributed by atoms with Crippen LogP contribution in [-0.2, 0) is 0 Å². The van der Waals surface area contributed by atoms with Gasteiger partial charge in [-0.15, -0.1) is 6.58 Å². The van der Waals surface area contributed by atoms with Gasteiger partial charge in [0.2, 0.25) is 0 Å². The minimum atomic E-state index is -0.800. The third kappa shape index (κ3) is 3.35. The van der Waals surface area contributed by atoms with E-state index in [1.165, 1.54) is 12.8 Å². The van der Waals surface area contributed by atoms with Crippen molar-refractivity contribution in [2.45, 2.75) is 32.5 Å². The van der Waals surface area contributed by atoms with Gasteiger partial charge >= 0.3 is 0 Å². The molecule has 1 aliphatic carbocycles. The molecule has 0 radical (unpaired) electrons. The summed E-state index contributed by atoms with van der Waals surface area (Å²) < 4.78 is 13.0. The normalized spacial score (nSPS) is 19.6. The molecule has 1 unspecified atom stereocenters. The van der Waals surface area contributed by atoms with Crippen molar-refractivity contribution in [3.63, 3.8) is 0 Å². The molecule has 0 spiro atoms. The number of halogens is 1. The van der Waals surface area contributed by atoms with Crippen molar-refractivity contribution in [3.05, 3.63) is 12.7 Å². The first-order valence-corrected chi connectivity index (χ1v) is 4.73. The Hall–Kier alpha value is -0.370. The fraction of sp³-hybridized carbons (Fsp3) is 0.800. The second kappa shape index (κ2) is 4.61.